The monoisotopic (exact) mass is 413 g/mol. The highest BCUT2D eigenvalue weighted by molar-refractivity contribution is 7.94. The Labute approximate surface area is 146 Å². The summed E-state index contributed by atoms with van der Waals surface area (Å²) in [4.78, 5) is 23.1. The van der Waals surface area contributed by atoms with E-state index < -0.39 is 53.8 Å². The predicted molar refractivity (Wildman–Crippen MR) is 78.8 cm³/mol. The van der Waals surface area contributed by atoms with Gasteiger partial charge in [-0.3, -0.25) is 14.9 Å². The van der Waals surface area contributed by atoms with E-state index in [0.717, 1.165) is 25.1 Å². The SMILES string of the molecule is CC(=O)Oc1c(F)cccc1C(=O)Nc1nnc(S(=O)(=O)C(F)(F)F)s1. The molecule has 0 saturated carbocycles. The molecule has 0 unspecified atom stereocenters. The summed E-state index contributed by atoms with van der Waals surface area (Å²) in [6.45, 7) is 0.965. The number of benzene rings is 1. The minimum atomic E-state index is -5.72. The number of nitrogens with zero attached hydrogens (tertiary/aromatic N) is 2. The third kappa shape index (κ3) is 3.96. The van der Waals surface area contributed by atoms with Crippen molar-refractivity contribution in [3.05, 3.63) is 29.6 Å². The Morgan fingerprint density at radius 3 is 2.46 bits per heavy atom. The standard InChI is InChI=1S/C12H7F4N3O5S2/c1-5(20)24-8-6(3-2-4-7(8)13)9(21)17-10-18-19-11(25-10)26(22,23)12(14,15)16/h2-4H,1H3,(H,17,18,21). The largest absolute Gasteiger partial charge is 0.504 e. The van der Waals surface area contributed by atoms with Gasteiger partial charge in [0.25, 0.3) is 5.91 Å². The van der Waals surface area contributed by atoms with Gasteiger partial charge in [-0.1, -0.05) is 17.4 Å². The highest BCUT2D eigenvalue weighted by Crippen LogP contribution is 2.33. The zero-order valence-corrected chi connectivity index (χ0v) is 14.1. The van der Waals surface area contributed by atoms with Crippen molar-refractivity contribution in [2.24, 2.45) is 0 Å². The first-order valence-electron chi connectivity index (χ1n) is 6.36. The lowest BCUT2D eigenvalue weighted by Gasteiger charge is -2.08. The zero-order chi connectivity index (χ0) is 19.7. The number of hydrogen-bond donors (Lipinski definition) is 1. The van der Waals surface area contributed by atoms with Gasteiger partial charge in [0.05, 0.1) is 5.56 Å². The molecule has 1 amide bonds. The first-order valence-corrected chi connectivity index (χ1v) is 8.66. The summed E-state index contributed by atoms with van der Waals surface area (Å²) in [7, 11) is -5.72. The van der Waals surface area contributed by atoms with Gasteiger partial charge in [-0.25, -0.2) is 12.8 Å². The van der Waals surface area contributed by atoms with E-state index in [2.05, 4.69) is 14.9 Å². The molecule has 0 radical (unpaired) electrons. The highest BCUT2D eigenvalue weighted by Gasteiger charge is 2.49. The molecule has 0 aliphatic carbocycles. The van der Waals surface area contributed by atoms with Crippen LogP contribution in [0.2, 0.25) is 0 Å². The number of aromatic nitrogens is 2. The highest BCUT2D eigenvalue weighted by atomic mass is 32.2. The number of alkyl halides is 3. The maximum Gasteiger partial charge on any atom is 0.504 e. The Balaban J connectivity index is 2.30. The Hall–Kier alpha value is -2.61. The number of amides is 1. The van der Waals surface area contributed by atoms with Gasteiger partial charge in [0.1, 0.15) is 0 Å². The molecule has 0 fully saturated rings. The van der Waals surface area contributed by atoms with Crippen molar-refractivity contribution in [1.29, 1.82) is 0 Å². The number of anilines is 1. The number of nitrogens with one attached hydrogen (secondary N) is 1. The van der Waals surface area contributed by atoms with Gasteiger partial charge in [-0.05, 0) is 12.1 Å². The third-order valence-electron chi connectivity index (χ3n) is 2.62. The molecule has 2 aromatic rings. The first-order chi connectivity index (χ1) is 11.9. The van der Waals surface area contributed by atoms with Crippen molar-refractivity contribution in [2.45, 2.75) is 16.8 Å². The Kier molecular flexibility index (Phi) is 5.27. The molecule has 1 aromatic heterocycles. The van der Waals surface area contributed by atoms with Gasteiger partial charge in [-0.2, -0.15) is 13.2 Å². The lowest BCUT2D eigenvalue weighted by Crippen LogP contribution is -2.23. The van der Waals surface area contributed by atoms with Crippen LogP contribution in [0.1, 0.15) is 17.3 Å². The number of rotatable bonds is 4. The summed E-state index contributed by atoms with van der Waals surface area (Å²) in [6.07, 6.45) is 0. The van der Waals surface area contributed by atoms with Crippen LogP contribution in [-0.2, 0) is 14.6 Å². The second-order valence-electron chi connectivity index (χ2n) is 4.49. The van der Waals surface area contributed by atoms with Gasteiger partial charge in [-0.15, -0.1) is 10.2 Å². The number of esters is 1. The molecule has 140 valence electrons. The smallest absolute Gasteiger partial charge is 0.423 e. The van der Waals surface area contributed by atoms with Crippen molar-refractivity contribution in [3.63, 3.8) is 0 Å². The zero-order valence-electron chi connectivity index (χ0n) is 12.5. The van der Waals surface area contributed by atoms with Gasteiger partial charge < -0.3 is 4.74 Å². The van der Waals surface area contributed by atoms with Crippen LogP contribution in [-0.4, -0.2) is 36.0 Å². The third-order valence-corrected chi connectivity index (χ3v) is 5.31. The van der Waals surface area contributed by atoms with E-state index in [1.165, 1.54) is 0 Å². The summed E-state index contributed by atoms with van der Waals surface area (Å²) >= 11 is -0.0500. The lowest BCUT2D eigenvalue weighted by molar-refractivity contribution is -0.132. The molecule has 2 rings (SSSR count). The molecule has 26 heavy (non-hydrogen) atoms. The van der Waals surface area contributed by atoms with E-state index >= 15 is 0 Å². The van der Waals surface area contributed by atoms with Crippen LogP contribution in [0.15, 0.2) is 22.5 Å². The average molecular weight is 413 g/mol. The minimum Gasteiger partial charge on any atom is -0.423 e. The molecule has 14 heteroatoms. The molecule has 8 nitrogen and oxygen atoms in total. The molecule has 0 aliphatic rings. The topological polar surface area (TPSA) is 115 Å². The summed E-state index contributed by atoms with van der Waals surface area (Å²) in [5.74, 6) is -3.76. The number of para-hydroxylation sites is 1. The van der Waals surface area contributed by atoms with E-state index in [9.17, 15) is 35.6 Å². The van der Waals surface area contributed by atoms with Crippen LogP contribution in [0.25, 0.3) is 0 Å². The van der Waals surface area contributed by atoms with Crippen LogP contribution in [0, 0.1) is 5.82 Å². The van der Waals surface area contributed by atoms with Crippen LogP contribution < -0.4 is 10.1 Å². The molecule has 1 aromatic carbocycles. The van der Waals surface area contributed by atoms with Gasteiger partial charge in [0.2, 0.25) is 9.47 Å². The van der Waals surface area contributed by atoms with E-state index in [4.69, 9.17) is 0 Å². The molecule has 0 bridgehead atoms. The van der Waals surface area contributed by atoms with Crippen LogP contribution in [0.3, 0.4) is 0 Å². The second kappa shape index (κ2) is 6.95. The van der Waals surface area contributed by atoms with Gasteiger partial charge in [0.15, 0.2) is 11.6 Å². The summed E-state index contributed by atoms with van der Waals surface area (Å²) in [6, 6.07) is 3.11. The molecule has 0 saturated heterocycles. The van der Waals surface area contributed by atoms with Crippen molar-refractivity contribution in [2.75, 3.05) is 5.32 Å². The number of carbonyl (C=O) groups excluding carboxylic acids is 2. The average Bonchev–Trinajstić information content (AvgIpc) is 2.96. The number of carbonyl (C=O) groups is 2. The first kappa shape index (κ1) is 19.7. The molecule has 0 spiro atoms. The fourth-order valence-corrected chi connectivity index (χ4v) is 3.35. The van der Waals surface area contributed by atoms with E-state index in [0.29, 0.717) is 0 Å². The van der Waals surface area contributed by atoms with Crippen molar-refractivity contribution < 1.29 is 40.3 Å². The minimum absolute atomic E-state index is 0.0500. The number of hydrogen-bond acceptors (Lipinski definition) is 8. The van der Waals surface area contributed by atoms with Crippen molar-refractivity contribution in [1.82, 2.24) is 10.2 Å². The molecular formula is C12H7F4N3O5S2. The molecule has 0 atom stereocenters. The predicted octanol–water partition coefficient (Wildman–Crippen LogP) is 2.15. The Bertz CT molecular complexity index is 971. The maximum atomic E-state index is 13.7. The molecule has 0 aliphatic heterocycles. The quantitative estimate of drug-likeness (QED) is 0.353. The van der Waals surface area contributed by atoms with Gasteiger partial charge >= 0.3 is 21.3 Å². The van der Waals surface area contributed by atoms with Crippen LogP contribution in [0.5, 0.6) is 5.75 Å². The summed E-state index contributed by atoms with van der Waals surface area (Å²) in [5.41, 5.74) is -6.05. The van der Waals surface area contributed by atoms with E-state index in [1.807, 2.05) is 5.32 Å². The van der Waals surface area contributed by atoms with E-state index in [1.54, 1.807) is 0 Å². The van der Waals surface area contributed by atoms with Crippen LogP contribution in [0.4, 0.5) is 22.7 Å². The van der Waals surface area contributed by atoms with Crippen molar-refractivity contribution in [3.8, 4) is 5.75 Å². The van der Waals surface area contributed by atoms with Crippen molar-refractivity contribution >= 4 is 38.2 Å². The summed E-state index contributed by atoms with van der Waals surface area (Å²) < 4.78 is 76.7. The number of halogens is 4. The molecule has 1 heterocycles. The fourth-order valence-electron chi connectivity index (χ4n) is 1.57. The van der Waals surface area contributed by atoms with Gasteiger partial charge in [0, 0.05) is 6.92 Å². The fraction of sp³-hybridized carbons (Fsp3) is 0.167. The Morgan fingerprint density at radius 2 is 1.88 bits per heavy atom. The second-order valence-corrected chi connectivity index (χ2v) is 7.58. The Morgan fingerprint density at radius 1 is 1.23 bits per heavy atom. The number of ether oxygens (including phenoxy) is 1. The number of sulfone groups is 1. The lowest BCUT2D eigenvalue weighted by atomic mass is 10.2. The van der Waals surface area contributed by atoms with E-state index in [-0.39, 0.29) is 11.3 Å². The summed E-state index contributed by atoms with van der Waals surface area (Å²) in [5, 5.41) is 7.38. The van der Waals surface area contributed by atoms with Crippen LogP contribution >= 0.6 is 11.3 Å². The normalized spacial score (nSPS) is 11.9. The molecular weight excluding hydrogens is 406 g/mol. The maximum absolute atomic E-state index is 13.7. The molecule has 1 N–H and O–H groups in total.